The van der Waals surface area contributed by atoms with Crippen LogP contribution in [0.15, 0.2) is 0 Å². The molecule has 0 saturated carbocycles. The Morgan fingerprint density at radius 2 is 0.542 bits per heavy atom. The molecule has 0 bridgehead atoms. The number of carbonyl (C=O) groups is 8. The van der Waals surface area contributed by atoms with Crippen molar-refractivity contribution >= 4 is 47.2 Å². The summed E-state index contributed by atoms with van der Waals surface area (Å²) in [5.74, 6) is -8.34. The molecule has 14 nitrogen and oxygen atoms in total. The van der Waals surface area contributed by atoms with Gasteiger partial charge in [0.15, 0.2) is 22.8 Å². The van der Waals surface area contributed by atoms with Gasteiger partial charge in [0.1, 0.15) is 22.9 Å². The van der Waals surface area contributed by atoms with E-state index in [0.29, 0.717) is 0 Å². The summed E-state index contributed by atoms with van der Waals surface area (Å²) in [6.07, 6.45) is 0. The van der Waals surface area contributed by atoms with E-state index >= 15 is 0 Å². The Balaban J connectivity index is -0.00000105. The molecule has 0 fully saturated rings. The maximum atomic E-state index is 12.6. The molecule has 0 aromatic heterocycles. The first kappa shape index (κ1) is 59.6. The summed E-state index contributed by atoms with van der Waals surface area (Å²) in [5, 5.41) is 0. The molecule has 344 valence electrons. The normalized spacial score (nSPS) is 13.4. The van der Waals surface area contributed by atoms with Crippen LogP contribution in [0.4, 0.5) is 0 Å². The molecule has 14 heteroatoms. The summed E-state index contributed by atoms with van der Waals surface area (Å²) in [6, 6.07) is 0. The van der Waals surface area contributed by atoms with E-state index in [-0.39, 0.29) is 43.6 Å². The Morgan fingerprint density at radius 1 is 0.322 bits per heavy atom. The van der Waals surface area contributed by atoms with Gasteiger partial charge in [0.05, 0.1) is 12.2 Å². The average molecular weight is 845 g/mol. The van der Waals surface area contributed by atoms with Gasteiger partial charge >= 0.3 is 29.8 Å². The lowest BCUT2D eigenvalue weighted by Gasteiger charge is -2.35. The van der Waals surface area contributed by atoms with E-state index in [1.165, 1.54) is 83.1 Å². The van der Waals surface area contributed by atoms with Crippen molar-refractivity contribution in [2.24, 2.45) is 37.9 Å². The predicted molar refractivity (Wildman–Crippen MR) is 224 cm³/mol. The van der Waals surface area contributed by atoms with Crippen molar-refractivity contribution in [1.29, 1.82) is 0 Å². The second kappa shape index (κ2) is 19.8. The second-order valence-electron chi connectivity index (χ2n) is 21.7. The van der Waals surface area contributed by atoms with Crippen molar-refractivity contribution < 1.29 is 66.8 Å². The average Bonchev–Trinajstić information content (AvgIpc) is 2.99. The standard InChI is InChI=1S/C23H40O8.C21H36O6.CH4/c1-19(2,3)15(24)21(7,8)17(26)30-23(11,12)31-18(27)22(9,10)16(25)28-13-14-29-20(4,5)6;1-17(2,3)13(22)19(7,8)15(24)26-21(11,12)27-16(25)20(9,10)14(23)18(4,5)6;/h13-14H2,1-12H3;1-12H3;1H4. The minimum Gasteiger partial charge on any atom is -0.462 e. The van der Waals surface area contributed by atoms with Gasteiger partial charge in [-0.15, -0.1) is 0 Å². The first-order chi connectivity index (χ1) is 25.1. The Labute approximate surface area is 355 Å². The zero-order valence-electron chi connectivity index (χ0n) is 40.1. The molecular formula is C45H80O14. The Hall–Kier alpha value is -3.68. The van der Waals surface area contributed by atoms with Crippen molar-refractivity contribution in [2.45, 2.75) is 191 Å². The Kier molecular flexibility index (Phi) is 20.0. The van der Waals surface area contributed by atoms with Crippen LogP contribution in [0.25, 0.3) is 0 Å². The molecule has 0 spiro atoms. The van der Waals surface area contributed by atoms with Crippen LogP contribution in [0.3, 0.4) is 0 Å². The summed E-state index contributed by atoms with van der Waals surface area (Å²) in [4.78, 5) is 100. The number of hydrogen-bond donors (Lipinski definition) is 0. The molecule has 0 atom stereocenters. The topological polar surface area (TPSA) is 192 Å². The molecule has 0 aromatic carbocycles. The predicted octanol–water partition coefficient (Wildman–Crippen LogP) is 8.56. The van der Waals surface area contributed by atoms with Gasteiger partial charge in [-0.05, 0) is 76.2 Å². The summed E-state index contributed by atoms with van der Waals surface area (Å²) in [7, 11) is 0. The molecule has 0 unspecified atom stereocenters. The summed E-state index contributed by atoms with van der Waals surface area (Å²) in [6.45, 7) is 38.3. The van der Waals surface area contributed by atoms with Crippen molar-refractivity contribution in [3.05, 3.63) is 0 Å². The molecule has 59 heavy (non-hydrogen) atoms. The molecule has 0 radical (unpaired) electrons. The van der Waals surface area contributed by atoms with Gasteiger partial charge in [0.2, 0.25) is 0 Å². The first-order valence-corrected chi connectivity index (χ1v) is 19.5. The van der Waals surface area contributed by atoms with Gasteiger partial charge in [-0.3, -0.25) is 38.4 Å². The molecule has 0 aliphatic carbocycles. The summed E-state index contributed by atoms with van der Waals surface area (Å²) in [5.41, 5.74) is -8.49. The largest absolute Gasteiger partial charge is 0.462 e. The van der Waals surface area contributed by atoms with E-state index < -0.39 is 79.3 Å². The molecule has 0 saturated heterocycles. The van der Waals surface area contributed by atoms with E-state index in [0.717, 1.165) is 0 Å². The molecule has 0 heterocycles. The fourth-order valence-corrected chi connectivity index (χ4v) is 5.28. The van der Waals surface area contributed by atoms with Crippen LogP contribution in [0, 0.1) is 37.9 Å². The van der Waals surface area contributed by atoms with Crippen LogP contribution in [-0.2, 0) is 66.8 Å². The Bertz CT molecular complexity index is 1490. The number of ketones is 3. The van der Waals surface area contributed by atoms with Gasteiger partial charge in [-0.2, -0.15) is 0 Å². The van der Waals surface area contributed by atoms with Gasteiger partial charge in [0.25, 0.3) is 11.6 Å². The fourth-order valence-electron chi connectivity index (χ4n) is 5.28. The lowest BCUT2D eigenvalue weighted by molar-refractivity contribution is -0.230. The van der Waals surface area contributed by atoms with Crippen molar-refractivity contribution in [3.63, 3.8) is 0 Å². The highest BCUT2D eigenvalue weighted by Crippen LogP contribution is 2.36. The highest BCUT2D eigenvalue weighted by Gasteiger charge is 2.50. The van der Waals surface area contributed by atoms with Gasteiger partial charge in [0, 0.05) is 43.9 Å². The van der Waals surface area contributed by atoms with E-state index in [2.05, 4.69) is 0 Å². The van der Waals surface area contributed by atoms with Gasteiger partial charge in [-0.1, -0.05) is 69.7 Å². The third-order valence-electron chi connectivity index (χ3n) is 8.50. The van der Waals surface area contributed by atoms with Crippen LogP contribution in [0.1, 0.15) is 174 Å². The quantitative estimate of drug-likeness (QED) is 0.0500. The first-order valence-electron chi connectivity index (χ1n) is 19.5. The summed E-state index contributed by atoms with van der Waals surface area (Å²) < 4.78 is 31.9. The zero-order chi connectivity index (χ0) is 47.3. The number of esters is 5. The van der Waals surface area contributed by atoms with Crippen LogP contribution in [-0.4, -0.2) is 77.6 Å². The van der Waals surface area contributed by atoms with E-state index in [1.807, 2.05) is 20.8 Å². The lowest BCUT2D eigenvalue weighted by atomic mass is 9.74. The smallest absolute Gasteiger partial charge is 0.326 e. The number of ether oxygens (including phenoxy) is 6. The molecule has 0 aliphatic heterocycles. The number of Topliss-reactive ketones (excluding diaryl/α,β-unsaturated/α-hetero) is 3. The highest BCUT2D eigenvalue weighted by molar-refractivity contribution is 6.07. The molecular weight excluding hydrogens is 764 g/mol. The van der Waals surface area contributed by atoms with E-state index in [9.17, 15) is 38.4 Å². The van der Waals surface area contributed by atoms with Crippen molar-refractivity contribution in [2.75, 3.05) is 13.2 Å². The minimum atomic E-state index is -1.70. The lowest BCUT2D eigenvalue weighted by Crippen LogP contribution is -2.48. The SMILES string of the molecule is C.CC(C)(C)OCCOC(=O)C(C)(C)C(=O)OC(C)(C)OC(=O)C(C)(C)C(=O)C(C)(C)C.CC(C)(OC(=O)C(C)(C)C(=O)C(C)(C)C)OC(=O)C(C)(C)C(=O)C(C)(C)C. The maximum Gasteiger partial charge on any atom is 0.326 e. The number of carbonyl (C=O) groups excluding carboxylic acids is 8. The van der Waals surface area contributed by atoms with E-state index in [4.69, 9.17) is 28.4 Å². The molecule has 0 rings (SSSR count). The highest BCUT2D eigenvalue weighted by atomic mass is 16.7. The third kappa shape index (κ3) is 18.2. The molecule has 0 aromatic rings. The van der Waals surface area contributed by atoms with E-state index in [1.54, 1.807) is 62.3 Å². The Morgan fingerprint density at radius 3 is 0.746 bits per heavy atom. The van der Waals surface area contributed by atoms with Gasteiger partial charge < -0.3 is 28.4 Å². The number of rotatable bonds is 15. The van der Waals surface area contributed by atoms with Crippen molar-refractivity contribution in [1.82, 2.24) is 0 Å². The maximum absolute atomic E-state index is 12.6. The minimum absolute atomic E-state index is 0. The fraction of sp³-hybridized carbons (Fsp3) is 0.822. The molecule has 0 amide bonds. The molecule has 0 aliphatic rings. The van der Waals surface area contributed by atoms with Crippen LogP contribution in [0.5, 0.6) is 0 Å². The zero-order valence-corrected chi connectivity index (χ0v) is 40.1. The van der Waals surface area contributed by atoms with Crippen LogP contribution >= 0.6 is 0 Å². The van der Waals surface area contributed by atoms with Gasteiger partial charge in [-0.25, -0.2) is 0 Å². The molecule has 0 N–H and O–H groups in total. The second-order valence-corrected chi connectivity index (χ2v) is 21.7. The number of hydrogen-bond acceptors (Lipinski definition) is 14. The summed E-state index contributed by atoms with van der Waals surface area (Å²) >= 11 is 0. The van der Waals surface area contributed by atoms with Crippen LogP contribution < -0.4 is 0 Å². The van der Waals surface area contributed by atoms with Crippen LogP contribution in [0.2, 0.25) is 0 Å². The monoisotopic (exact) mass is 845 g/mol. The van der Waals surface area contributed by atoms with Crippen molar-refractivity contribution in [3.8, 4) is 0 Å². The third-order valence-corrected chi connectivity index (χ3v) is 8.50.